The summed E-state index contributed by atoms with van der Waals surface area (Å²) in [6.07, 6.45) is 6.04. The summed E-state index contributed by atoms with van der Waals surface area (Å²) in [5.41, 5.74) is 5.90. The van der Waals surface area contributed by atoms with E-state index in [0.29, 0.717) is 5.02 Å². The molecule has 1 saturated heterocycles. The minimum absolute atomic E-state index is 0.245. The van der Waals surface area contributed by atoms with Crippen LogP contribution in [0.2, 0.25) is 5.02 Å². The van der Waals surface area contributed by atoms with Gasteiger partial charge in [-0.1, -0.05) is 11.6 Å². The fourth-order valence-corrected chi connectivity index (χ4v) is 3.90. The van der Waals surface area contributed by atoms with E-state index in [4.69, 9.17) is 17.3 Å². The Morgan fingerprint density at radius 1 is 1.56 bits per heavy atom. The second kappa shape index (κ2) is 5.99. The van der Waals surface area contributed by atoms with Crippen LogP contribution in [0.3, 0.4) is 0 Å². The number of aromatic nitrogens is 1. The Hall–Kier alpha value is 0.0300. The highest BCUT2D eigenvalue weighted by atomic mass is 79.9. The lowest BCUT2D eigenvalue weighted by Gasteiger charge is -2.40. The van der Waals surface area contributed by atoms with Crippen LogP contribution in [-0.2, 0) is 0 Å². The average molecular weight is 351 g/mol. The zero-order valence-electron chi connectivity index (χ0n) is 10.3. The number of nitrogens with zero attached hydrogens (tertiary/aromatic N) is 2. The van der Waals surface area contributed by atoms with E-state index in [1.807, 2.05) is 17.8 Å². The van der Waals surface area contributed by atoms with E-state index in [1.165, 1.54) is 0 Å². The predicted octanol–water partition coefficient (Wildman–Crippen LogP) is 3.16. The van der Waals surface area contributed by atoms with E-state index in [2.05, 4.69) is 32.1 Å². The fraction of sp³-hybridized carbons (Fsp3) is 0.583. The maximum Gasteiger partial charge on any atom is 0.142 e. The molecule has 1 aromatic heterocycles. The van der Waals surface area contributed by atoms with Gasteiger partial charge in [0.1, 0.15) is 5.82 Å². The lowest BCUT2D eigenvalue weighted by molar-refractivity contribution is 0.455. The molecular formula is C12H17BrClN3S. The summed E-state index contributed by atoms with van der Waals surface area (Å²) in [4.78, 5) is 6.71. The average Bonchev–Trinajstić information content (AvgIpc) is 2.39. The molecule has 0 aliphatic carbocycles. The first kappa shape index (κ1) is 14.4. The van der Waals surface area contributed by atoms with Crippen molar-refractivity contribution in [3.05, 3.63) is 21.8 Å². The van der Waals surface area contributed by atoms with Crippen molar-refractivity contribution in [3.63, 3.8) is 0 Å². The summed E-state index contributed by atoms with van der Waals surface area (Å²) in [6, 6.07) is 1.89. The standard InChI is InChI=1S/C12H17BrClN3S/c1-18-12(8-15)2-4-17(5-3-12)11-10(13)6-9(14)7-16-11/h6-7H,2-5,8,15H2,1H3. The maximum absolute atomic E-state index is 5.92. The minimum Gasteiger partial charge on any atom is -0.356 e. The van der Waals surface area contributed by atoms with Crippen LogP contribution < -0.4 is 10.6 Å². The number of piperidine rings is 1. The number of thioether (sulfide) groups is 1. The van der Waals surface area contributed by atoms with E-state index in [1.54, 1.807) is 6.20 Å². The van der Waals surface area contributed by atoms with E-state index >= 15 is 0 Å². The molecule has 1 aliphatic rings. The van der Waals surface area contributed by atoms with Gasteiger partial charge in [0, 0.05) is 30.6 Å². The van der Waals surface area contributed by atoms with Gasteiger partial charge in [-0.05, 0) is 41.1 Å². The smallest absolute Gasteiger partial charge is 0.142 e. The van der Waals surface area contributed by atoms with Gasteiger partial charge in [-0.15, -0.1) is 0 Å². The molecule has 1 fully saturated rings. The lowest BCUT2D eigenvalue weighted by atomic mass is 9.96. The Morgan fingerprint density at radius 3 is 2.72 bits per heavy atom. The summed E-state index contributed by atoms with van der Waals surface area (Å²) in [6.45, 7) is 2.73. The lowest BCUT2D eigenvalue weighted by Crippen LogP contribution is -2.46. The van der Waals surface area contributed by atoms with Crippen LogP contribution in [0.1, 0.15) is 12.8 Å². The van der Waals surface area contributed by atoms with Crippen LogP contribution in [-0.4, -0.2) is 35.6 Å². The summed E-state index contributed by atoms with van der Waals surface area (Å²) in [7, 11) is 0. The number of halogens is 2. The molecule has 2 rings (SSSR count). The predicted molar refractivity (Wildman–Crippen MR) is 83.7 cm³/mol. The highest BCUT2D eigenvalue weighted by Crippen LogP contribution is 2.36. The van der Waals surface area contributed by atoms with Crippen LogP contribution in [0.4, 0.5) is 5.82 Å². The molecule has 6 heteroatoms. The van der Waals surface area contributed by atoms with Gasteiger partial charge in [0.25, 0.3) is 0 Å². The van der Waals surface area contributed by atoms with Crippen molar-refractivity contribution < 1.29 is 0 Å². The molecule has 1 aliphatic heterocycles. The van der Waals surface area contributed by atoms with Crippen molar-refractivity contribution in [3.8, 4) is 0 Å². The zero-order chi connectivity index (χ0) is 13.2. The molecule has 0 bridgehead atoms. The first-order valence-electron chi connectivity index (χ1n) is 5.91. The maximum atomic E-state index is 5.92. The molecule has 3 nitrogen and oxygen atoms in total. The Morgan fingerprint density at radius 2 is 2.22 bits per heavy atom. The van der Waals surface area contributed by atoms with Crippen LogP contribution >= 0.6 is 39.3 Å². The number of pyridine rings is 1. The van der Waals surface area contributed by atoms with Crippen LogP contribution in [0.15, 0.2) is 16.7 Å². The number of rotatable bonds is 3. The van der Waals surface area contributed by atoms with Crippen molar-refractivity contribution in [2.75, 3.05) is 30.8 Å². The van der Waals surface area contributed by atoms with Gasteiger partial charge < -0.3 is 10.6 Å². The second-order valence-electron chi connectivity index (χ2n) is 4.54. The van der Waals surface area contributed by atoms with Crippen LogP contribution in [0, 0.1) is 0 Å². The Balaban J connectivity index is 2.10. The molecule has 0 spiro atoms. The number of hydrogen-bond acceptors (Lipinski definition) is 4. The third-order valence-electron chi connectivity index (χ3n) is 3.57. The zero-order valence-corrected chi connectivity index (χ0v) is 13.5. The molecule has 0 amide bonds. The van der Waals surface area contributed by atoms with Crippen molar-refractivity contribution in [1.29, 1.82) is 0 Å². The van der Waals surface area contributed by atoms with Crippen molar-refractivity contribution >= 4 is 45.1 Å². The number of nitrogens with two attached hydrogens (primary N) is 1. The fourth-order valence-electron chi connectivity index (χ4n) is 2.26. The molecule has 0 radical (unpaired) electrons. The highest BCUT2D eigenvalue weighted by molar-refractivity contribution is 9.10. The van der Waals surface area contributed by atoms with Gasteiger partial charge in [0.2, 0.25) is 0 Å². The third kappa shape index (κ3) is 2.95. The normalized spacial score (nSPS) is 19.0. The minimum atomic E-state index is 0.245. The summed E-state index contributed by atoms with van der Waals surface area (Å²) < 4.78 is 1.20. The van der Waals surface area contributed by atoms with Gasteiger partial charge in [0.15, 0.2) is 0 Å². The van der Waals surface area contributed by atoms with Gasteiger partial charge in [0.05, 0.1) is 9.50 Å². The van der Waals surface area contributed by atoms with Crippen molar-refractivity contribution in [1.82, 2.24) is 4.98 Å². The van der Waals surface area contributed by atoms with Gasteiger partial charge in [-0.3, -0.25) is 0 Å². The molecule has 0 atom stereocenters. The molecular weight excluding hydrogens is 334 g/mol. The largest absolute Gasteiger partial charge is 0.356 e. The summed E-state index contributed by atoms with van der Waals surface area (Å²) in [5.74, 6) is 0.978. The summed E-state index contributed by atoms with van der Waals surface area (Å²) >= 11 is 11.3. The van der Waals surface area contributed by atoms with Gasteiger partial charge in [-0.2, -0.15) is 11.8 Å². The van der Waals surface area contributed by atoms with E-state index in [-0.39, 0.29) is 4.75 Å². The molecule has 2 heterocycles. The Bertz CT molecular complexity index is 416. The number of anilines is 1. The summed E-state index contributed by atoms with van der Waals surface area (Å²) in [5, 5.41) is 0.656. The molecule has 1 aromatic rings. The molecule has 0 unspecified atom stereocenters. The third-order valence-corrected chi connectivity index (χ3v) is 5.80. The molecule has 100 valence electrons. The molecule has 2 N–H and O–H groups in total. The molecule has 0 saturated carbocycles. The van der Waals surface area contributed by atoms with E-state index in [9.17, 15) is 0 Å². The van der Waals surface area contributed by atoms with Crippen molar-refractivity contribution in [2.45, 2.75) is 17.6 Å². The quantitative estimate of drug-likeness (QED) is 0.909. The number of hydrogen-bond donors (Lipinski definition) is 1. The van der Waals surface area contributed by atoms with E-state index in [0.717, 1.165) is 42.8 Å². The topological polar surface area (TPSA) is 42.1 Å². The van der Waals surface area contributed by atoms with Crippen LogP contribution in [0.5, 0.6) is 0 Å². The van der Waals surface area contributed by atoms with E-state index < -0.39 is 0 Å². The Labute approximate surface area is 126 Å². The molecule has 18 heavy (non-hydrogen) atoms. The molecule has 0 aromatic carbocycles. The van der Waals surface area contributed by atoms with Gasteiger partial charge >= 0.3 is 0 Å². The SMILES string of the molecule is CSC1(CN)CCN(c2ncc(Cl)cc2Br)CC1. The Kier molecular flexibility index (Phi) is 4.80. The monoisotopic (exact) mass is 349 g/mol. The van der Waals surface area contributed by atoms with Crippen LogP contribution in [0.25, 0.3) is 0 Å². The highest BCUT2D eigenvalue weighted by Gasteiger charge is 2.33. The van der Waals surface area contributed by atoms with Crippen molar-refractivity contribution in [2.24, 2.45) is 5.73 Å². The van der Waals surface area contributed by atoms with Gasteiger partial charge in [-0.25, -0.2) is 4.98 Å². The second-order valence-corrected chi connectivity index (χ2v) is 7.10. The first-order chi connectivity index (χ1) is 8.60. The first-order valence-corrected chi connectivity index (χ1v) is 8.31.